The van der Waals surface area contributed by atoms with Gasteiger partial charge in [-0.25, -0.2) is 0 Å². The zero-order chi connectivity index (χ0) is 21.8. The third-order valence-corrected chi connectivity index (χ3v) is 6.67. The van der Waals surface area contributed by atoms with Gasteiger partial charge < -0.3 is 15.0 Å². The maximum Gasteiger partial charge on any atom is 0.254 e. The quantitative estimate of drug-likeness (QED) is 0.565. The molecule has 3 aromatic rings. The molecule has 0 radical (unpaired) electrons. The highest BCUT2D eigenvalue weighted by Crippen LogP contribution is 2.44. The number of ether oxygens (including phenoxy) is 1. The SMILES string of the molecule is COCCN1C(=O)c2ccccc2[C@H](C(=O)NCc2ccc(Cl)cc2)[C@H]1c1cccs1. The Labute approximate surface area is 190 Å². The van der Waals surface area contributed by atoms with Crippen molar-refractivity contribution < 1.29 is 14.3 Å². The Balaban J connectivity index is 1.70. The smallest absolute Gasteiger partial charge is 0.254 e. The Kier molecular flexibility index (Phi) is 6.70. The van der Waals surface area contributed by atoms with Crippen molar-refractivity contribution in [3.63, 3.8) is 0 Å². The Bertz CT molecular complexity index is 1050. The van der Waals surface area contributed by atoms with E-state index in [1.54, 1.807) is 41.5 Å². The molecule has 1 aliphatic heterocycles. The molecule has 2 amide bonds. The molecule has 4 rings (SSSR count). The molecule has 2 aromatic carbocycles. The monoisotopic (exact) mass is 454 g/mol. The molecule has 0 unspecified atom stereocenters. The van der Waals surface area contributed by atoms with Crippen molar-refractivity contribution in [1.29, 1.82) is 0 Å². The van der Waals surface area contributed by atoms with E-state index in [4.69, 9.17) is 16.3 Å². The molecular formula is C24H23ClN2O3S. The van der Waals surface area contributed by atoms with Gasteiger partial charge >= 0.3 is 0 Å². The minimum atomic E-state index is -0.517. The third kappa shape index (κ3) is 4.51. The number of methoxy groups -OCH3 is 1. The lowest BCUT2D eigenvalue weighted by Crippen LogP contribution is -2.48. The fourth-order valence-corrected chi connectivity index (χ4v) is 4.99. The number of nitrogens with zero attached hydrogens (tertiary/aromatic N) is 1. The number of hydrogen-bond acceptors (Lipinski definition) is 4. The van der Waals surface area contributed by atoms with Crippen LogP contribution in [-0.2, 0) is 16.1 Å². The van der Waals surface area contributed by atoms with E-state index in [-0.39, 0.29) is 17.9 Å². The van der Waals surface area contributed by atoms with E-state index in [0.29, 0.717) is 30.3 Å². The molecular weight excluding hydrogens is 432 g/mol. The summed E-state index contributed by atoms with van der Waals surface area (Å²) in [5.41, 5.74) is 2.29. The normalized spacial score (nSPS) is 18.0. The van der Waals surface area contributed by atoms with Gasteiger partial charge in [0.2, 0.25) is 5.91 Å². The molecule has 1 aliphatic rings. The maximum atomic E-state index is 13.5. The second-order valence-electron chi connectivity index (χ2n) is 7.36. The van der Waals surface area contributed by atoms with Crippen LogP contribution >= 0.6 is 22.9 Å². The predicted molar refractivity (Wildman–Crippen MR) is 122 cm³/mol. The number of fused-ring (bicyclic) bond motifs is 1. The van der Waals surface area contributed by atoms with Crippen LogP contribution in [0.1, 0.15) is 38.3 Å². The third-order valence-electron chi connectivity index (χ3n) is 5.47. The average molecular weight is 455 g/mol. The summed E-state index contributed by atoms with van der Waals surface area (Å²) >= 11 is 7.52. The van der Waals surface area contributed by atoms with Crippen LogP contribution in [-0.4, -0.2) is 37.0 Å². The minimum Gasteiger partial charge on any atom is -0.383 e. The van der Waals surface area contributed by atoms with Gasteiger partial charge in [-0.05, 0) is 40.8 Å². The van der Waals surface area contributed by atoms with Gasteiger partial charge in [-0.2, -0.15) is 0 Å². The summed E-state index contributed by atoms with van der Waals surface area (Å²) in [5.74, 6) is -0.708. The van der Waals surface area contributed by atoms with E-state index in [1.807, 2.05) is 47.8 Å². The zero-order valence-electron chi connectivity index (χ0n) is 17.1. The van der Waals surface area contributed by atoms with E-state index in [0.717, 1.165) is 16.0 Å². The van der Waals surface area contributed by atoms with Crippen molar-refractivity contribution in [3.05, 3.63) is 92.6 Å². The van der Waals surface area contributed by atoms with Crippen molar-refractivity contribution in [2.24, 2.45) is 0 Å². The lowest BCUT2D eigenvalue weighted by atomic mass is 9.81. The van der Waals surface area contributed by atoms with Crippen molar-refractivity contribution >= 4 is 34.8 Å². The number of amides is 2. The van der Waals surface area contributed by atoms with Gasteiger partial charge in [0.15, 0.2) is 0 Å². The summed E-state index contributed by atoms with van der Waals surface area (Å²) in [5, 5.41) is 5.69. The van der Waals surface area contributed by atoms with Crippen LogP contribution in [0.15, 0.2) is 66.0 Å². The first-order valence-corrected chi connectivity index (χ1v) is 11.3. The van der Waals surface area contributed by atoms with Crippen LogP contribution in [0.2, 0.25) is 5.02 Å². The van der Waals surface area contributed by atoms with Crippen LogP contribution in [0, 0.1) is 0 Å². The molecule has 31 heavy (non-hydrogen) atoms. The van der Waals surface area contributed by atoms with Crippen LogP contribution in [0.5, 0.6) is 0 Å². The summed E-state index contributed by atoms with van der Waals surface area (Å²) in [7, 11) is 1.61. The number of carbonyl (C=O) groups is 2. The second-order valence-corrected chi connectivity index (χ2v) is 8.78. The van der Waals surface area contributed by atoms with Crippen molar-refractivity contribution in [2.45, 2.75) is 18.5 Å². The lowest BCUT2D eigenvalue weighted by molar-refractivity contribution is -0.124. The maximum absolute atomic E-state index is 13.5. The number of nitrogens with one attached hydrogen (secondary N) is 1. The molecule has 0 saturated heterocycles. The largest absolute Gasteiger partial charge is 0.383 e. The van der Waals surface area contributed by atoms with Crippen molar-refractivity contribution in [2.75, 3.05) is 20.3 Å². The van der Waals surface area contributed by atoms with Gasteiger partial charge in [-0.1, -0.05) is 48.0 Å². The number of halogens is 1. The van der Waals surface area contributed by atoms with E-state index < -0.39 is 5.92 Å². The average Bonchev–Trinajstić information content (AvgIpc) is 3.32. The highest BCUT2D eigenvalue weighted by atomic mass is 35.5. The van der Waals surface area contributed by atoms with Crippen LogP contribution in [0.25, 0.3) is 0 Å². The minimum absolute atomic E-state index is 0.0761. The molecule has 7 heteroatoms. The van der Waals surface area contributed by atoms with Gasteiger partial charge in [0, 0.05) is 35.7 Å². The van der Waals surface area contributed by atoms with Crippen LogP contribution < -0.4 is 5.32 Å². The first-order valence-electron chi connectivity index (χ1n) is 10.0. The van der Waals surface area contributed by atoms with Gasteiger partial charge in [-0.3, -0.25) is 9.59 Å². The molecule has 0 saturated carbocycles. The van der Waals surface area contributed by atoms with Crippen molar-refractivity contribution in [3.8, 4) is 0 Å². The highest BCUT2D eigenvalue weighted by molar-refractivity contribution is 7.10. The summed E-state index contributed by atoms with van der Waals surface area (Å²) in [4.78, 5) is 29.6. The summed E-state index contributed by atoms with van der Waals surface area (Å²) in [6.07, 6.45) is 0. The number of carbonyl (C=O) groups excluding carboxylic acids is 2. The van der Waals surface area contributed by atoms with E-state index in [1.165, 1.54) is 0 Å². The molecule has 1 N–H and O–H groups in total. The zero-order valence-corrected chi connectivity index (χ0v) is 18.7. The molecule has 2 atom stereocenters. The van der Waals surface area contributed by atoms with E-state index in [2.05, 4.69) is 5.32 Å². The van der Waals surface area contributed by atoms with Crippen molar-refractivity contribution in [1.82, 2.24) is 10.2 Å². The Hall–Kier alpha value is -2.67. The van der Waals surface area contributed by atoms with Gasteiger partial charge in [0.05, 0.1) is 18.6 Å². The summed E-state index contributed by atoms with van der Waals surface area (Å²) < 4.78 is 5.26. The number of hydrogen-bond donors (Lipinski definition) is 1. The molecule has 1 aromatic heterocycles. The fourth-order valence-electron chi connectivity index (χ4n) is 3.99. The van der Waals surface area contributed by atoms with Crippen LogP contribution in [0.3, 0.4) is 0 Å². The summed E-state index contributed by atoms with van der Waals surface area (Å²) in [6.45, 7) is 1.19. The predicted octanol–water partition coefficient (Wildman–Crippen LogP) is 4.65. The second kappa shape index (κ2) is 9.64. The summed E-state index contributed by atoms with van der Waals surface area (Å²) in [6, 6.07) is 18.3. The first-order chi connectivity index (χ1) is 15.1. The number of rotatable bonds is 7. The van der Waals surface area contributed by atoms with E-state index >= 15 is 0 Å². The molecule has 160 valence electrons. The highest BCUT2D eigenvalue weighted by Gasteiger charge is 2.44. The van der Waals surface area contributed by atoms with Gasteiger partial charge in [0.1, 0.15) is 0 Å². The molecule has 0 spiro atoms. The van der Waals surface area contributed by atoms with Gasteiger partial charge in [-0.15, -0.1) is 11.3 Å². The van der Waals surface area contributed by atoms with Crippen LogP contribution in [0.4, 0.5) is 0 Å². The Morgan fingerprint density at radius 1 is 1.13 bits per heavy atom. The Morgan fingerprint density at radius 3 is 2.61 bits per heavy atom. The lowest BCUT2D eigenvalue weighted by Gasteiger charge is -2.41. The molecule has 0 bridgehead atoms. The first kappa shape index (κ1) is 21.6. The standard InChI is InChI=1S/C24H23ClN2O3S/c1-30-13-12-27-22(20-7-4-14-31-20)21(18-5-2-3-6-19(18)24(27)29)23(28)26-15-16-8-10-17(25)11-9-16/h2-11,14,21-22H,12-13,15H2,1H3,(H,26,28)/t21-,22+/m0/s1. The molecule has 2 heterocycles. The van der Waals surface area contributed by atoms with Gasteiger partial charge in [0.25, 0.3) is 5.91 Å². The molecule has 0 aliphatic carbocycles. The molecule has 5 nitrogen and oxygen atoms in total. The van der Waals surface area contributed by atoms with E-state index in [9.17, 15) is 9.59 Å². The fraction of sp³-hybridized carbons (Fsp3) is 0.250. The topological polar surface area (TPSA) is 58.6 Å². The Morgan fingerprint density at radius 2 is 1.90 bits per heavy atom. The molecule has 0 fully saturated rings. The number of thiophene rings is 1. The number of benzene rings is 2.